The maximum atomic E-state index is 11.8. The van der Waals surface area contributed by atoms with E-state index < -0.39 is 5.25 Å². The van der Waals surface area contributed by atoms with E-state index in [0.717, 1.165) is 18.4 Å². The first-order valence-corrected chi connectivity index (χ1v) is 8.55. The molecule has 1 fully saturated rings. The SMILES string of the molecule is CC(=O)CCCc1ccc(N2C(=O)CC(S)C2=O)cc1.CCC. The normalized spacial score (nSPS) is 17.0. The molecule has 1 heterocycles. The van der Waals surface area contributed by atoms with E-state index in [9.17, 15) is 14.4 Å². The van der Waals surface area contributed by atoms with Gasteiger partial charge in [-0.3, -0.25) is 9.59 Å². The minimum atomic E-state index is -0.530. The van der Waals surface area contributed by atoms with Crippen molar-refractivity contribution in [2.24, 2.45) is 0 Å². The van der Waals surface area contributed by atoms with Crippen LogP contribution in [0.2, 0.25) is 0 Å². The molecule has 0 spiro atoms. The van der Waals surface area contributed by atoms with Crippen LogP contribution in [0.15, 0.2) is 24.3 Å². The van der Waals surface area contributed by atoms with Crippen LogP contribution in [0.1, 0.15) is 52.0 Å². The number of Topliss-reactive ketones (excluding diaryl/α,β-unsaturated/α-hetero) is 1. The van der Waals surface area contributed by atoms with Gasteiger partial charge in [0.1, 0.15) is 5.78 Å². The van der Waals surface area contributed by atoms with Gasteiger partial charge in [-0.05, 0) is 37.5 Å². The predicted octanol–water partition coefficient (Wildman–Crippen LogP) is 3.58. The number of carbonyl (C=O) groups excluding carboxylic acids is 3. The van der Waals surface area contributed by atoms with Crippen LogP contribution < -0.4 is 4.90 Å². The molecule has 1 aromatic rings. The molecule has 23 heavy (non-hydrogen) atoms. The van der Waals surface area contributed by atoms with E-state index in [-0.39, 0.29) is 24.0 Å². The van der Waals surface area contributed by atoms with Gasteiger partial charge in [0.05, 0.1) is 10.9 Å². The summed E-state index contributed by atoms with van der Waals surface area (Å²) in [7, 11) is 0. The fourth-order valence-electron chi connectivity index (χ4n) is 2.24. The molecule has 1 atom stereocenters. The maximum Gasteiger partial charge on any atom is 0.247 e. The lowest BCUT2D eigenvalue weighted by atomic mass is 10.1. The highest BCUT2D eigenvalue weighted by atomic mass is 32.1. The van der Waals surface area contributed by atoms with Crippen LogP contribution >= 0.6 is 12.6 Å². The van der Waals surface area contributed by atoms with Crippen LogP contribution in [0, 0.1) is 0 Å². The molecular formula is C18H25NO3S. The van der Waals surface area contributed by atoms with Crippen LogP contribution in [0.3, 0.4) is 0 Å². The summed E-state index contributed by atoms with van der Waals surface area (Å²) in [6.07, 6.45) is 3.61. The third-order valence-corrected chi connectivity index (χ3v) is 3.72. The van der Waals surface area contributed by atoms with Crippen molar-refractivity contribution < 1.29 is 14.4 Å². The number of nitrogens with zero attached hydrogens (tertiary/aromatic N) is 1. The quantitative estimate of drug-likeness (QED) is 0.661. The summed E-state index contributed by atoms with van der Waals surface area (Å²) in [6.45, 7) is 5.83. The van der Waals surface area contributed by atoms with Crippen LogP contribution in [0.5, 0.6) is 0 Å². The van der Waals surface area contributed by atoms with Crippen molar-refractivity contribution in [2.75, 3.05) is 4.90 Å². The largest absolute Gasteiger partial charge is 0.300 e. The van der Waals surface area contributed by atoms with E-state index in [1.54, 1.807) is 19.1 Å². The van der Waals surface area contributed by atoms with E-state index in [0.29, 0.717) is 12.1 Å². The van der Waals surface area contributed by atoms with Gasteiger partial charge in [-0.25, -0.2) is 4.90 Å². The van der Waals surface area contributed by atoms with E-state index in [2.05, 4.69) is 26.5 Å². The Bertz CT molecular complexity index is 554. The fraction of sp³-hybridized carbons (Fsp3) is 0.500. The number of benzene rings is 1. The third kappa shape index (κ3) is 5.82. The maximum absolute atomic E-state index is 11.8. The number of hydrogen-bond donors (Lipinski definition) is 1. The summed E-state index contributed by atoms with van der Waals surface area (Å²) < 4.78 is 0. The standard InChI is InChI=1S/C15H17NO3S.C3H8/c1-10(17)3-2-4-11-5-7-12(8-6-11)16-14(18)9-13(20)15(16)19;1-3-2/h5-8,13,20H,2-4,9H2,1H3;3H2,1-2H3. The smallest absolute Gasteiger partial charge is 0.247 e. The van der Waals surface area contributed by atoms with Gasteiger partial charge in [-0.1, -0.05) is 32.4 Å². The highest BCUT2D eigenvalue weighted by molar-refractivity contribution is 7.82. The van der Waals surface area contributed by atoms with Gasteiger partial charge >= 0.3 is 0 Å². The van der Waals surface area contributed by atoms with Crippen LogP contribution in [-0.2, 0) is 20.8 Å². The molecule has 0 saturated carbocycles. The van der Waals surface area contributed by atoms with E-state index >= 15 is 0 Å². The van der Waals surface area contributed by atoms with Gasteiger partial charge in [-0.2, -0.15) is 12.6 Å². The molecule has 0 aromatic heterocycles. The molecule has 0 N–H and O–H groups in total. The fourth-order valence-corrected chi connectivity index (χ4v) is 2.51. The van der Waals surface area contributed by atoms with Crippen molar-refractivity contribution in [2.45, 2.75) is 58.1 Å². The Hall–Kier alpha value is -1.62. The number of amides is 2. The zero-order chi connectivity index (χ0) is 17.4. The van der Waals surface area contributed by atoms with E-state index in [4.69, 9.17) is 0 Å². The number of carbonyl (C=O) groups is 3. The average Bonchev–Trinajstić information content (AvgIpc) is 2.74. The molecule has 1 unspecified atom stereocenters. The molecule has 5 heteroatoms. The van der Waals surface area contributed by atoms with Crippen molar-refractivity contribution in [1.29, 1.82) is 0 Å². The highest BCUT2D eigenvalue weighted by Crippen LogP contribution is 2.25. The predicted molar refractivity (Wildman–Crippen MR) is 95.9 cm³/mol. The highest BCUT2D eigenvalue weighted by Gasteiger charge is 2.37. The van der Waals surface area contributed by atoms with Crippen LogP contribution in [0.4, 0.5) is 5.69 Å². The molecular weight excluding hydrogens is 310 g/mol. The Kier molecular flexibility index (Phi) is 8.03. The van der Waals surface area contributed by atoms with Gasteiger partial charge in [0.15, 0.2) is 0 Å². The second kappa shape index (κ2) is 9.50. The lowest BCUT2D eigenvalue weighted by molar-refractivity contribution is -0.121. The van der Waals surface area contributed by atoms with E-state index in [1.807, 2.05) is 12.1 Å². The number of hydrogen-bond acceptors (Lipinski definition) is 4. The topological polar surface area (TPSA) is 54.5 Å². The molecule has 1 aromatic carbocycles. The van der Waals surface area contributed by atoms with Gasteiger partial charge in [0, 0.05) is 12.8 Å². The second-order valence-corrected chi connectivity index (χ2v) is 6.34. The number of ketones is 1. The van der Waals surface area contributed by atoms with Crippen molar-refractivity contribution in [3.05, 3.63) is 29.8 Å². The minimum absolute atomic E-state index is 0.155. The van der Waals surface area contributed by atoms with Crippen LogP contribution in [-0.4, -0.2) is 22.8 Å². The Morgan fingerprint density at radius 1 is 1.22 bits per heavy atom. The molecule has 1 aliphatic rings. The lowest BCUT2D eigenvalue weighted by Gasteiger charge is -2.14. The minimum Gasteiger partial charge on any atom is -0.300 e. The Balaban J connectivity index is 0.000000816. The number of rotatable bonds is 5. The molecule has 0 bridgehead atoms. The Morgan fingerprint density at radius 3 is 2.22 bits per heavy atom. The number of aryl methyl sites for hydroxylation is 1. The lowest BCUT2D eigenvalue weighted by Crippen LogP contribution is -2.30. The average molecular weight is 335 g/mol. The molecule has 2 rings (SSSR count). The third-order valence-electron chi connectivity index (χ3n) is 3.31. The van der Waals surface area contributed by atoms with Gasteiger partial charge in [0.2, 0.25) is 11.8 Å². The van der Waals surface area contributed by atoms with Gasteiger partial charge < -0.3 is 4.79 Å². The van der Waals surface area contributed by atoms with Gasteiger partial charge in [-0.15, -0.1) is 0 Å². The molecule has 2 amide bonds. The molecule has 1 saturated heterocycles. The zero-order valence-corrected chi connectivity index (χ0v) is 14.9. The first-order chi connectivity index (χ1) is 10.9. The molecule has 0 radical (unpaired) electrons. The number of imide groups is 1. The first-order valence-electron chi connectivity index (χ1n) is 8.03. The summed E-state index contributed by atoms with van der Waals surface area (Å²) in [5, 5.41) is -0.530. The van der Waals surface area contributed by atoms with Gasteiger partial charge in [0.25, 0.3) is 0 Å². The Labute approximate surface area is 143 Å². The monoisotopic (exact) mass is 335 g/mol. The molecule has 4 nitrogen and oxygen atoms in total. The molecule has 126 valence electrons. The number of anilines is 1. The summed E-state index contributed by atoms with van der Waals surface area (Å²) >= 11 is 4.10. The van der Waals surface area contributed by atoms with E-state index in [1.165, 1.54) is 11.3 Å². The molecule has 0 aliphatic carbocycles. The summed E-state index contributed by atoms with van der Waals surface area (Å²) in [4.78, 5) is 35.7. The zero-order valence-electron chi connectivity index (χ0n) is 14.0. The molecule has 1 aliphatic heterocycles. The van der Waals surface area contributed by atoms with Crippen molar-refractivity contribution in [3.8, 4) is 0 Å². The second-order valence-electron chi connectivity index (χ2n) is 5.72. The Morgan fingerprint density at radius 2 is 1.78 bits per heavy atom. The summed E-state index contributed by atoms with van der Waals surface area (Å²) in [5.41, 5.74) is 1.68. The van der Waals surface area contributed by atoms with Crippen LogP contribution in [0.25, 0.3) is 0 Å². The summed E-state index contributed by atoms with van der Waals surface area (Å²) in [5.74, 6) is -0.281. The number of thiol groups is 1. The first kappa shape index (κ1) is 19.4. The van der Waals surface area contributed by atoms with Crippen molar-refractivity contribution in [3.63, 3.8) is 0 Å². The van der Waals surface area contributed by atoms with Crippen molar-refractivity contribution in [1.82, 2.24) is 0 Å². The van der Waals surface area contributed by atoms with Crippen molar-refractivity contribution >= 4 is 35.9 Å². The summed E-state index contributed by atoms with van der Waals surface area (Å²) in [6, 6.07) is 7.32.